The molecule has 1 fully saturated rings. The van der Waals surface area contributed by atoms with E-state index in [1.807, 2.05) is 12.1 Å². The zero-order valence-electron chi connectivity index (χ0n) is 14.8. The fraction of sp³-hybridized carbons (Fsp3) is 0.333. The Morgan fingerprint density at radius 1 is 1.26 bits per heavy atom. The molecule has 2 aromatic rings. The van der Waals surface area contributed by atoms with E-state index in [0.29, 0.717) is 29.3 Å². The van der Waals surface area contributed by atoms with Crippen molar-refractivity contribution in [1.29, 1.82) is 0 Å². The Morgan fingerprint density at radius 2 is 2.15 bits per heavy atom. The van der Waals surface area contributed by atoms with Gasteiger partial charge in [-0.05, 0) is 48.3 Å². The second-order valence-electron chi connectivity index (χ2n) is 7.24. The van der Waals surface area contributed by atoms with Gasteiger partial charge in [0.1, 0.15) is 12.3 Å². The molecule has 140 valence electrons. The molecule has 0 aliphatic heterocycles. The van der Waals surface area contributed by atoms with Crippen LogP contribution in [0.4, 0.5) is 0 Å². The van der Waals surface area contributed by atoms with Crippen LogP contribution in [0, 0.1) is 17.8 Å². The molecule has 2 N–H and O–H groups in total. The van der Waals surface area contributed by atoms with Crippen LogP contribution in [-0.4, -0.2) is 17.4 Å². The van der Waals surface area contributed by atoms with Crippen LogP contribution in [0.5, 0.6) is 5.75 Å². The Kier molecular flexibility index (Phi) is 5.03. The van der Waals surface area contributed by atoms with Crippen LogP contribution in [0.1, 0.15) is 28.9 Å². The number of aromatic amines is 1. The number of benzene rings is 1. The van der Waals surface area contributed by atoms with Crippen molar-refractivity contribution < 1.29 is 9.53 Å². The number of ether oxygens (including phenoxy) is 1. The Balaban J connectivity index is 1.34. The minimum absolute atomic E-state index is 0.171. The van der Waals surface area contributed by atoms with Gasteiger partial charge in [0.2, 0.25) is 5.43 Å². The summed E-state index contributed by atoms with van der Waals surface area (Å²) < 4.78 is 5.55. The molecule has 2 aliphatic rings. The van der Waals surface area contributed by atoms with Gasteiger partial charge < -0.3 is 15.0 Å². The number of amides is 1. The lowest BCUT2D eigenvalue weighted by molar-refractivity contribution is 0.0940. The van der Waals surface area contributed by atoms with Gasteiger partial charge in [-0.2, -0.15) is 0 Å². The molecule has 1 aromatic carbocycles. The predicted octanol–water partition coefficient (Wildman–Crippen LogP) is 3.55. The number of allylic oxidation sites excluding steroid dienone is 2. The summed E-state index contributed by atoms with van der Waals surface area (Å²) in [5.41, 5.74) is 0.779. The van der Waals surface area contributed by atoms with Gasteiger partial charge in [-0.15, -0.1) is 0 Å². The van der Waals surface area contributed by atoms with Crippen LogP contribution in [-0.2, 0) is 6.61 Å². The third-order valence-electron chi connectivity index (χ3n) is 5.35. The molecule has 27 heavy (non-hydrogen) atoms. The highest BCUT2D eigenvalue weighted by Gasteiger charge is 2.35. The number of nitrogens with one attached hydrogen (secondary N) is 2. The van der Waals surface area contributed by atoms with Crippen LogP contribution in [0.25, 0.3) is 0 Å². The third-order valence-corrected chi connectivity index (χ3v) is 5.58. The Labute approximate surface area is 162 Å². The number of aromatic nitrogens is 1. The van der Waals surface area contributed by atoms with Crippen LogP contribution >= 0.6 is 11.6 Å². The molecule has 4 rings (SSSR count). The summed E-state index contributed by atoms with van der Waals surface area (Å²) in [4.78, 5) is 27.4. The first-order valence-electron chi connectivity index (χ1n) is 9.15. The normalized spacial score (nSPS) is 22.8. The number of pyridine rings is 1. The molecule has 6 heteroatoms. The van der Waals surface area contributed by atoms with Gasteiger partial charge in [0.05, 0.1) is 0 Å². The minimum Gasteiger partial charge on any atom is -0.483 e. The number of halogens is 1. The predicted molar refractivity (Wildman–Crippen MR) is 104 cm³/mol. The van der Waals surface area contributed by atoms with Crippen molar-refractivity contribution in [1.82, 2.24) is 10.3 Å². The first-order valence-corrected chi connectivity index (χ1v) is 9.53. The molecule has 5 nitrogen and oxygen atoms in total. The fourth-order valence-electron chi connectivity index (χ4n) is 3.94. The average Bonchev–Trinajstić information content (AvgIpc) is 3.28. The van der Waals surface area contributed by atoms with Crippen molar-refractivity contribution in [2.45, 2.75) is 19.4 Å². The van der Waals surface area contributed by atoms with E-state index in [-0.39, 0.29) is 29.4 Å². The fourth-order valence-corrected chi connectivity index (χ4v) is 4.15. The van der Waals surface area contributed by atoms with Crippen molar-refractivity contribution >= 4 is 17.5 Å². The van der Waals surface area contributed by atoms with Gasteiger partial charge in [-0.1, -0.05) is 35.9 Å². The molecule has 0 spiro atoms. The highest BCUT2D eigenvalue weighted by Crippen LogP contribution is 2.42. The molecule has 1 aromatic heterocycles. The molecule has 1 heterocycles. The minimum atomic E-state index is -0.330. The topological polar surface area (TPSA) is 71.2 Å². The summed E-state index contributed by atoms with van der Waals surface area (Å²) >= 11 is 5.94. The number of hydrogen-bond acceptors (Lipinski definition) is 3. The molecule has 2 aliphatic carbocycles. The zero-order valence-corrected chi connectivity index (χ0v) is 15.5. The number of hydrogen-bond donors (Lipinski definition) is 2. The number of carbonyl (C=O) groups is 1. The second kappa shape index (κ2) is 7.61. The lowest BCUT2D eigenvalue weighted by atomic mass is 9.93. The summed E-state index contributed by atoms with van der Waals surface area (Å²) in [5, 5.41) is 3.55. The molecule has 3 unspecified atom stereocenters. The lowest BCUT2D eigenvalue weighted by Gasteiger charge is -2.18. The van der Waals surface area contributed by atoms with Crippen LogP contribution in [0.2, 0.25) is 5.02 Å². The van der Waals surface area contributed by atoms with E-state index in [9.17, 15) is 9.59 Å². The lowest BCUT2D eigenvalue weighted by Crippen LogP contribution is -2.32. The van der Waals surface area contributed by atoms with Crippen LogP contribution < -0.4 is 15.5 Å². The van der Waals surface area contributed by atoms with Crippen LogP contribution in [0.3, 0.4) is 0 Å². The monoisotopic (exact) mass is 384 g/mol. The number of rotatable bonds is 6. The highest BCUT2D eigenvalue weighted by molar-refractivity contribution is 6.30. The summed E-state index contributed by atoms with van der Waals surface area (Å²) in [6.07, 6.45) is 8.31. The van der Waals surface area contributed by atoms with Crippen molar-refractivity contribution in [2.24, 2.45) is 17.8 Å². The van der Waals surface area contributed by atoms with Gasteiger partial charge >= 0.3 is 0 Å². The smallest absolute Gasteiger partial charge is 0.267 e. The van der Waals surface area contributed by atoms with Crippen molar-refractivity contribution in [2.75, 3.05) is 6.54 Å². The second-order valence-corrected chi connectivity index (χ2v) is 7.68. The third kappa shape index (κ3) is 4.08. The largest absolute Gasteiger partial charge is 0.483 e. The molecule has 1 saturated carbocycles. The average molecular weight is 385 g/mol. The maximum Gasteiger partial charge on any atom is 0.267 e. The Bertz CT molecular complexity index is 937. The van der Waals surface area contributed by atoms with Crippen molar-refractivity contribution in [3.8, 4) is 5.75 Å². The van der Waals surface area contributed by atoms with Gasteiger partial charge in [-0.3, -0.25) is 9.59 Å². The summed E-state index contributed by atoms with van der Waals surface area (Å²) in [5.74, 6) is 1.66. The maximum atomic E-state index is 12.3. The maximum absolute atomic E-state index is 12.3. The van der Waals surface area contributed by atoms with E-state index in [4.69, 9.17) is 16.3 Å². The number of H-pyrrole nitrogens is 1. The van der Waals surface area contributed by atoms with E-state index >= 15 is 0 Å². The SMILES string of the molecule is O=C(NCC1CC2C=CC1C2)c1cc(=O)c(OCc2cccc(Cl)c2)c[nH]1. The molecule has 3 atom stereocenters. The molecular weight excluding hydrogens is 364 g/mol. The van der Waals surface area contributed by atoms with Crippen molar-refractivity contribution in [3.05, 3.63) is 75.2 Å². The Hall–Kier alpha value is -2.53. The van der Waals surface area contributed by atoms with E-state index < -0.39 is 0 Å². The van der Waals surface area contributed by atoms with Gasteiger partial charge in [0.25, 0.3) is 5.91 Å². The number of carbonyl (C=O) groups excluding carboxylic acids is 1. The van der Waals surface area contributed by atoms with Crippen LogP contribution in [0.15, 0.2) is 53.5 Å². The van der Waals surface area contributed by atoms with Crippen molar-refractivity contribution in [3.63, 3.8) is 0 Å². The van der Waals surface area contributed by atoms with E-state index in [2.05, 4.69) is 22.5 Å². The number of fused-ring (bicyclic) bond motifs is 2. The standard InChI is InChI=1S/C21H21ClN2O3/c22-17-3-1-2-14(8-17)12-27-20-11-23-18(9-19(20)25)21(26)24-10-16-7-13-4-5-15(16)6-13/h1-5,8-9,11,13,15-16H,6-7,10,12H2,(H,23,25)(H,24,26). The summed E-state index contributed by atoms with van der Waals surface area (Å²) in [7, 11) is 0. The zero-order chi connectivity index (χ0) is 18.8. The van der Waals surface area contributed by atoms with Gasteiger partial charge in [-0.25, -0.2) is 0 Å². The molecule has 1 amide bonds. The first-order chi connectivity index (χ1) is 13.1. The first kappa shape index (κ1) is 17.9. The quantitative estimate of drug-likeness (QED) is 0.748. The van der Waals surface area contributed by atoms with Gasteiger partial charge in [0.15, 0.2) is 5.75 Å². The molecule has 0 saturated heterocycles. The molecule has 2 bridgehead atoms. The summed E-state index contributed by atoms with van der Waals surface area (Å²) in [6.45, 7) is 0.867. The summed E-state index contributed by atoms with van der Waals surface area (Å²) in [6, 6.07) is 8.53. The van der Waals surface area contributed by atoms with E-state index in [1.165, 1.54) is 18.7 Å². The Morgan fingerprint density at radius 3 is 2.85 bits per heavy atom. The molecular formula is C21H21ClN2O3. The van der Waals surface area contributed by atoms with Gasteiger partial charge in [0, 0.05) is 23.8 Å². The molecule has 0 radical (unpaired) electrons. The van der Waals surface area contributed by atoms with E-state index in [1.54, 1.807) is 12.1 Å². The highest BCUT2D eigenvalue weighted by atomic mass is 35.5. The van der Waals surface area contributed by atoms with E-state index in [0.717, 1.165) is 12.0 Å².